The second-order valence-corrected chi connectivity index (χ2v) is 7.13. The number of rotatable bonds is 10. The predicted octanol–water partition coefficient (Wildman–Crippen LogP) is 5.76. The van der Waals surface area contributed by atoms with Crippen LogP contribution < -0.4 is 4.74 Å². The van der Waals surface area contributed by atoms with Crippen LogP contribution in [0.15, 0.2) is 30.3 Å². The Morgan fingerprint density at radius 2 is 1.85 bits per heavy atom. The second kappa shape index (κ2) is 10.7. The molecule has 2 heterocycles. The molecule has 0 saturated carbocycles. The number of hydrogen-bond acceptors (Lipinski definition) is 4. The van der Waals surface area contributed by atoms with Crippen LogP contribution in [0.25, 0.3) is 10.9 Å². The van der Waals surface area contributed by atoms with E-state index in [-0.39, 0.29) is 6.29 Å². The SMILES string of the molecule is Clc1ccc2c(OCCCCCCCOC3CCCCO3)cccc2n1. The van der Waals surface area contributed by atoms with Crippen LogP contribution in [-0.4, -0.2) is 31.1 Å². The molecule has 0 bridgehead atoms. The molecule has 1 atom stereocenters. The maximum Gasteiger partial charge on any atom is 0.157 e. The summed E-state index contributed by atoms with van der Waals surface area (Å²) >= 11 is 5.94. The van der Waals surface area contributed by atoms with Gasteiger partial charge in [0.15, 0.2) is 6.29 Å². The predicted molar refractivity (Wildman–Crippen MR) is 105 cm³/mol. The number of halogens is 1. The van der Waals surface area contributed by atoms with E-state index >= 15 is 0 Å². The number of pyridine rings is 1. The molecule has 5 heteroatoms. The van der Waals surface area contributed by atoms with Gasteiger partial charge in [-0.25, -0.2) is 4.98 Å². The van der Waals surface area contributed by atoms with Crippen LogP contribution in [0.1, 0.15) is 51.4 Å². The molecule has 1 saturated heterocycles. The molecule has 1 aliphatic heterocycles. The van der Waals surface area contributed by atoms with Crippen molar-refractivity contribution >= 4 is 22.5 Å². The zero-order valence-electron chi connectivity index (χ0n) is 15.3. The zero-order valence-corrected chi connectivity index (χ0v) is 16.0. The lowest BCUT2D eigenvalue weighted by Crippen LogP contribution is -2.22. The summed E-state index contributed by atoms with van der Waals surface area (Å²) in [5.41, 5.74) is 0.872. The van der Waals surface area contributed by atoms with Crippen LogP contribution in [0.4, 0.5) is 0 Å². The summed E-state index contributed by atoms with van der Waals surface area (Å²) in [4.78, 5) is 4.32. The fourth-order valence-corrected chi connectivity index (χ4v) is 3.36. The first-order chi connectivity index (χ1) is 12.8. The number of hydrogen-bond donors (Lipinski definition) is 0. The Morgan fingerprint density at radius 1 is 1.00 bits per heavy atom. The molecule has 2 aromatic rings. The number of fused-ring (bicyclic) bond motifs is 1. The summed E-state index contributed by atoms with van der Waals surface area (Å²) in [6.45, 7) is 2.39. The Morgan fingerprint density at radius 3 is 2.69 bits per heavy atom. The molecule has 3 rings (SSSR count). The summed E-state index contributed by atoms with van der Waals surface area (Å²) in [6, 6.07) is 9.67. The zero-order chi connectivity index (χ0) is 18.0. The Bertz CT molecular complexity index is 673. The van der Waals surface area contributed by atoms with Gasteiger partial charge in [-0.15, -0.1) is 0 Å². The maximum atomic E-state index is 5.94. The van der Waals surface area contributed by atoms with Crippen LogP contribution in [-0.2, 0) is 9.47 Å². The normalized spacial score (nSPS) is 17.5. The minimum Gasteiger partial charge on any atom is -0.493 e. The minimum atomic E-state index is 0.0437. The summed E-state index contributed by atoms with van der Waals surface area (Å²) in [5, 5.41) is 1.52. The van der Waals surface area contributed by atoms with E-state index in [1.807, 2.05) is 24.3 Å². The van der Waals surface area contributed by atoms with Crippen molar-refractivity contribution in [1.29, 1.82) is 0 Å². The highest BCUT2D eigenvalue weighted by Gasteiger charge is 2.13. The molecule has 0 spiro atoms. The van der Waals surface area contributed by atoms with Gasteiger partial charge in [0.1, 0.15) is 10.9 Å². The molecule has 1 fully saturated rings. The third-order valence-corrected chi connectivity index (χ3v) is 4.86. The third kappa shape index (κ3) is 6.11. The van der Waals surface area contributed by atoms with Crippen LogP contribution >= 0.6 is 11.6 Å². The molecule has 1 aromatic carbocycles. The Hall–Kier alpha value is -1.36. The summed E-state index contributed by atoms with van der Waals surface area (Å²) < 4.78 is 17.3. The Balaban J connectivity index is 1.25. The quantitative estimate of drug-likeness (QED) is 0.390. The average molecular weight is 378 g/mol. The molecule has 1 aliphatic rings. The average Bonchev–Trinajstić information content (AvgIpc) is 2.67. The van der Waals surface area contributed by atoms with Gasteiger partial charge in [-0.1, -0.05) is 36.9 Å². The molecule has 142 valence electrons. The van der Waals surface area contributed by atoms with Crippen molar-refractivity contribution in [3.63, 3.8) is 0 Å². The van der Waals surface area contributed by atoms with E-state index in [1.54, 1.807) is 6.07 Å². The van der Waals surface area contributed by atoms with E-state index < -0.39 is 0 Å². The topological polar surface area (TPSA) is 40.6 Å². The molecule has 0 radical (unpaired) electrons. The van der Waals surface area contributed by atoms with Gasteiger partial charge < -0.3 is 14.2 Å². The second-order valence-electron chi connectivity index (χ2n) is 6.74. The van der Waals surface area contributed by atoms with E-state index in [0.29, 0.717) is 5.15 Å². The van der Waals surface area contributed by atoms with E-state index in [0.717, 1.165) is 55.7 Å². The van der Waals surface area contributed by atoms with Gasteiger partial charge in [-0.2, -0.15) is 0 Å². The molecular formula is C21H28ClNO3. The molecule has 0 aliphatic carbocycles. The molecule has 26 heavy (non-hydrogen) atoms. The lowest BCUT2D eigenvalue weighted by Gasteiger charge is -2.22. The smallest absolute Gasteiger partial charge is 0.157 e. The van der Waals surface area contributed by atoms with Gasteiger partial charge in [-0.3, -0.25) is 0 Å². The Labute approximate surface area is 160 Å². The molecule has 0 N–H and O–H groups in total. The standard InChI is InChI=1S/C21H28ClNO3/c22-20-13-12-17-18(23-20)9-8-10-19(17)24-14-5-2-1-3-6-15-25-21-11-4-7-16-26-21/h8-10,12-13,21H,1-7,11,14-16H2. The maximum absolute atomic E-state index is 5.94. The lowest BCUT2D eigenvalue weighted by molar-refractivity contribution is -0.162. The van der Waals surface area contributed by atoms with E-state index in [2.05, 4.69) is 4.98 Å². The first-order valence-electron chi connectivity index (χ1n) is 9.74. The first-order valence-corrected chi connectivity index (χ1v) is 10.1. The minimum absolute atomic E-state index is 0.0437. The summed E-state index contributed by atoms with van der Waals surface area (Å²) in [5.74, 6) is 0.882. The molecule has 1 aromatic heterocycles. The van der Waals surface area contributed by atoms with Crippen LogP contribution in [0, 0.1) is 0 Å². The van der Waals surface area contributed by atoms with Crippen LogP contribution in [0.5, 0.6) is 5.75 Å². The van der Waals surface area contributed by atoms with Gasteiger partial charge in [0, 0.05) is 18.6 Å². The highest BCUT2D eigenvalue weighted by Crippen LogP contribution is 2.25. The van der Waals surface area contributed by atoms with E-state index in [1.165, 1.54) is 32.1 Å². The van der Waals surface area contributed by atoms with Crippen LogP contribution in [0.2, 0.25) is 5.15 Å². The van der Waals surface area contributed by atoms with Crippen molar-refractivity contribution in [1.82, 2.24) is 4.98 Å². The van der Waals surface area contributed by atoms with Crippen molar-refractivity contribution in [2.75, 3.05) is 19.8 Å². The van der Waals surface area contributed by atoms with E-state index in [4.69, 9.17) is 25.8 Å². The van der Waals surface area contributed by atoms with Gasteiger partial charge in [0.05, 0.1) is 12.1 Å². The van der Waals surface area contributed by atoms with Gasteiger partial charge >= 0.3 is 0 Å². The summed E-state index contributed by atoms with van der Waals surface area (Å²) in [6.07, 6.45) is 9.24. The van der Waals surface area contributed by atoms with Crippen LogP contribution in [0.3, 0.4) is 0 Å². The number of aromatic nitrogens is 1. The number of ether oxygens (including phenoxy) is 3. The molecular weight excluding hydrogens is 350 g/mol. The first kappa shape index (κ1) is 19.4. The fourth-order valence-electron chi connectivity index (χ4n) is 3.20. The van der Waals surface area contributed by atoms with Gasteiger partial charge in [0.25, 0.3) is 0 Å². The van der Waals surface area contributed by atoms with Gasteiger partial charge in [-0.05, 0) is 56.4 Å². The van der Waals surface area contributed by atoms with Gasteiger partial charge in [0.2, 0.25) is 0 Å². The number of unbranched alkanes of at least 4 members (excludes halogenated alkanes) is 4. The largest absolute Gasteiger partial charge is 0.493 e. The third-order valence-electron chi connectivity index (χ3n) is 4.65. The lowest BCUT2D eigenvalue weighted by atomic mass is 10.1. The molecule has 4 nitrogen and oxygen atoms in total. The highest BCUT2D eigenvalue weighted by atomic mass is 35.5. The summed E-state index contributed by atoms with van der Waals surface area (Å²) in [7, 11) is 0. The molecule has 0 amide bonds. The molecule has 1 unspecified atom stereocenters. The Kier molecular flexibility index (Phi) is 7.99. The van der Waals surface area contributed by atoms with Crippen molar-refractivity contribution < 1.29 is 14.2 Å². The fraction of sp³-hybridized carbons (Fsp3) is 0.571. The highest BCUT2D eigenvalue weighted by molar-refractivity contribution is 6.29. The number of nitrogens with zero attached hydrogens (tertiary/aromatic N) is 1. The monoisotopic (exact) mass is 377 g/mol. The van der Waals surface area contributed by atoms with Crippen molar-refractivity contribution in [3.05, 3.63) is 35.5 Å². The van der Waals surface area contributed by atoms with Crippen molar-refractivity contribution in [2.24, 2.45) is 0 Å². The van der Waals surface area contributed by atoms with Crippen molar-refractivity contribution in [3.8, 4) is 5.75 Å². The van der Waals surface area contributed by atoms with E-state index in [9.17, 15) is 0 Å². The van der Waals surface area contributed by atoms with Crippen molar-refractivity contribution in [2.45, 2.75) is 57.7 Å². The number of benzene rings is 1.